The lowest BCUT2D eigenvalue weighted by Crippen LogP contribution is -2.11. The summed E-state index contributed by atoms with van der Waals surface area (Å²) in [5, 5.41) is 3.37. The number of aryl methyl sites for hydroxylation is 3. The quantitative estimate of drug-likeness (QED) is 0.628. The summed E-state index contributed by atoms with van der Waals surface area (Å²) in [6, 6.07) is 14.6. The number of benzene rings is 2. The molecule has 1 heterocycles. The molecule has 0 aliphatic heterocycles. The van der Waals surface area contributed by atoms with Crippen LogP contribution in [0.1, 0.15) is 33.0 Å². The van der Waals surface area contributed by atoms with Gasteiger partial charge in [-0.3, -0.25) is 4.79 Å². The van der Waals surface area contributed by atoms with Crippen LogP contribution in [0.5, 0.6) is 5.75 Å². The van der Waals surface area contributed by atoms with Crippen molar-refractivity contribution in [3.63, 3.8) is 0 Å². The Morgan fingerprint density at radius 2 is 1.77 bits per heavy atom. The summed E-state index contributed by atoms with van der Waals surface area (Å²) in [7, 11) is 0. The van der Waals surface area contributed by atoms with Gasteiger partial charge in [0.2, 0.25) is 0 Å². The van der Waals surface area contributed by atoms with Crippen LogP contribution in [0.3, 0.4) is 0 Å². The lowest BCUT2D eigenvalue weighted by atomic mass is 10.1. The van der Waals surface area contributed by atoms with Gasteiger partial charge in [-0.1, -0.05) is 23.7 Å². The van der Waals surface area contributed by atoms with Gasteiger partial charge in [0.15, 0.2) is 5.76 Å². The zero-order valence-corrected chi connectivity index (χ0v) is 15.7. The predicted molar refractivity (Wildman–Crippen MR) is 103 cm³/mol. The highest BCUT2D eigenvalue weighted by Gasteiger charge is 2.13. The average Bonchev–Trinajstić information content (AvgIpc) is 3.08. The van der Waals surface area contributed by atoms with E-state index in [-0.39, 0.29) is 18.3 Å². The first kappa shape index (κ1) is 18.1. The van der Waals surface area contributed by atoms with E-state index in [0.717, 1.165) is 11.3 Å². The highest BCUT2D eigenvalue weighted by Crippen LogP contribution is 2.22. The molecule has 3 rings (SSSR count). The van der Waals surface area contributed by atoms with Crippen molar-refractivity contribution in [1.82, 2.24) is 0 Å². The molecule has 0 saturated heterocycles. The van der Waals surface area contributed by atoms with E-state index in [2.05, 4.69) is 12.2 Å². The Labute approximate surface area is 157 Å². The maximum atomic E-state index is 12.4. The lowest BCUT2D eigenvalue weighted by molar-refractivity contribution is 0.0992. The van der Waals surface area contributed by atoms with Gasteiger partial charge in [0.05, 0.1) is 0 Å². The number of carbonyl (C=O) groups is 1. The van der Waals surface area contributed by atoms with Crippen molar-refractivity contribution in [1.29, 1.82) is 0 Å². The summed E-state index contributed by atoms with van der Waals surface area (Å²) in [5.74, 6) is 1.25. The number of hydrogen-bond donors (Lipinski definition) is 1. The van der Waals surface area contributed by atoms with Crippen LogP contribution in [-0.4, -0.2) is 5.91 Å². The minimum Gasteiger partial charge on any atom is -0.486 e. The number of carbonyl (C=O) groups excluding carboxylic acids is 1. The second-order valence-electron chi connectivity index (χ2n) is 6.21. The van der Waals surface area contributed by atoms with E-state index >= 15 is 0 Å². The zero-order valence-electron chi connectivity index (χ0n) is 14.9. The van der Waals surface area contributed by atoms with Gasteiger partial charge in [-0.05, 0) is 73.9 Å². The van der Waals surface area contributed by atoms with E-state index in [4.69, 9.17) is 20.8 Å². The Kier molecular flexibility index (Phi) is 5.33. The summed E-state index contributed by atoms with van der Waals surface area (Å²) in [6.07, 6.45) is 0. The van der Waals surface area contributed by atoms with E-state index in [9.17, 15) is 4.79 Å². The molecule has 1 amide bonds. The van der Waals surface area contributed by atoms with Gasteiger partial charge in [0.25, 0.3) is 5.91 Å². The second-order valence-corrected chi connectivity index (χ2v) is 6.65. The Morgan fingerprint density at radius 3 is 2.54 bits per heavy atom. The molecule has 1 aromatic heterocycles. The molecule has 1 N–H and O–H groups in total. The maximum Gasteiger partial charge on any atom is 0.291 e. The zero-order chi connectivity index (χ0) is 18.7. The van der Waals surface area contributed by atoms with Gasteiger partial charge in [0.1, 0.15) is 18.1 Å². The van der Waals surface area contributed by atoms with Crippen LogP contribution >= 0.6 is 11.6 Å². The normalized spacial score (nSPS) is 10.6. The number of nitrogens with one attached hydrogen (secondary N) is 1. The fourth-order valence-corrected chi connectivity index (χ4v) is 2.62. The third kappa shape index (κ3) is 4.27. The van der Waals surface area contributed by atoms with Crippen molar-refractivity contribution in [2.24, 2.45) is 0 Å². The van der Waals surface area contributed by atoms with E-state index < -0.39 is 0 Å². The molecule has 0 bridgehead atoms. The SMILES string of the molecule is Cc1ccc(OCc2ccc(C(=O)Nc3cc(Cl)ccc3C)o2)cc1C. The molecule has 3 aromatic rings. The molecule has 0 aliphatic rings. The molecule has 0 radical (unpaired) electrons. The van der Waals surface area contributed by atoms with Crippen molar-refractivity contribution < 1.29 is 13.9 Å². The van der Waals surface area contributed by atoms with Crippen LogP contribution in [0.15, 0.2) is 52.9 Å². The first-order chi connectivity index (χ1) is 12.4. The number of ether oxygens (including phenoxy) is 1. The monoisotopic (exact) mass is 369 g/mol. The lowest BCUT2D eigenvalue weighted by Gasteiger charge is -2.08. The molecule has 0 unspecified atom stereocenters. The molecule has 5 heteroatoms. The fraction of sp³-hybridized carbons (Fsp3) is 0.190. The number of halogens is 1. The third-order valence-electron chi connectivity index (χ3n) is 4.19. The largest absolute Gasteiger partial charge is 0.486 e. The number of rotatable bonds is 5. The minimum atomic E-state index is -0.326. The number of furan rings is 1. The summed E-state index contributed by atoms with van der Waals surface area (Å²) in [5.41, 5.74) is 3.96. The van der Waals surface area contributed by atoms with Gasteiger partial charge >= 0.3 is 0 Å². The fourth-order valence-electron chi connectivity index (χ4n) is 2.45. The van der Waals surface area contributed by atoms with Crippen molar-refractivity contribution >= 4 is 23.2 Å². The van der Waals surface area contributed by atoms with E-state index in [1.54, 1.807) is 24.3 Å². The first-order valence-electron chi connectivity index (χ1n) is 8.28. The predicted octanol–water partition coefficient (Wildman–Crippen LogP) is 5.69. The summed E-state index contributed by atoms with van der Waals surface area (Å²) in [6.45, 7) is 6.25. The Balaban J connectivity index is 1.64. The highest BCUT2D eigenvalue weighted by atomic mass is 35.5. The molecule has 0 spiro atoms. The van der Waals surface area contributed by atoms with Gasteiger partial charge in [-0.2, -0.15) is 0 Å². The Bertz CT molecular complexity index is 946. The molecule has 0 saturated carbocycles. The Morgan fingerprint density at radius 1 is 1.00 bits per heavy atom. The van der Waals surface area contributed by atoms with Crippen LogP contribution in [-0.2, 0) is 6.61 Å². The van der Waals surface area contributed by atoms with Gasteiger partial charge in [0, 0.05) is 10.7 Å². The van der Waals surface area contributed by atoms with Crippen LogP contribution < -0.4 is 10.1 Å². The van der Waals surface area contributed by atoms with Gasteiger partial charge < -0.3 is 14.5 Å². The van der Waals surface area contributed by atoms with Crippen molar-refractivity contribution in [3.8, 4) is 5.75 Å². The number of hydrogen-bond acceptors (Lipinski definition) is 3. The van der Waals surface area contributed by atoms with Crippen molar-refractivity contribution in [2.45, 2.75) is 27.4 Å². The second kappa shape index (κ2) is 7.67. The molecular formula is C21H20ClNO3. The van der Waals surface area contributed by atoms with Crippen molar-refractivity contribution in [3.05, 3.63) is 81.8 Å². The summed E-state index contributed by atoms with van der Waals surface area (Å²) in [4.78, 5) is 12.4. The standard InChI is InChI=1S/C21H20ClNO3/c1-13-5-7-17(10-15(13)3)25-12-18-8-9-20(26-18)21(24)23-19-11-16(22)6-4-14(19)2/h4-11H,12H2,1-3H3,(H,23,24). The maximum absolute atomic E-state index is 12.4. The molecule has 134 valence electrons. The summed E-state index contributed by atoms with van der Waals surface area (Å²) >= 11 is 5.98. The molecule has 2 aromatic carbocycles. The van der Waals surface area contributed by atoms with Crippen LogP contribution in [0.25, 0.3) is 0 Å². The van der Waals surface area contributed by atoms with Crippen LogP contribution in [0.2, 0.25) is 5.02 Å². The number of amides is 1. The Hall–Kier alpha value is -2.72. The van der Waals surface area contributed by atoms with Crippen LogP contribution in [0, 0.1) is 20.8 Å². The molecular weight excluding hydrogens is 350 g/mol. The molecule has 0 aliphatic carbocycles. The highest BCUT2D eigenvalue weighted by molar-refractivity contribution is 6.31. The minimum absolute atomic E-state index is 0.225. The molecule has 0 atom stereocenters. The smallest absolute Gasteiger partial charge is 0.291 e. The topological polar surface area (TPSA) is 51.5 Å². The first-order valence-corrected chi connectivity index (χ1v) is 8.66. The molecule has 26 heavy (non-hydrogen) atoms. The molecule has 0 fully saturated rings. The van der Waals surface area contributed by atoms with Gasteiger partial charge in [-0.15, -0.1) is 0 Å². The van der Waals surface area contributed by atoms with Gasteiger partial charge in [-0.25, -0.2) is 0 Å². The van der Waals surface area contributed by atoms with E-state index in [1.807, 2.05) is 38.1 Å². The van der Waals surface area contributed by atoms with E-state index in [1.165, 1.54) is 11.1 Å². The van der Waals surface area contributed by atoms with Crippen LogP contribution in [0.4, 0.5) is 5.69 Å². The molecule has 4 nitrogen and oxygen atoms in total. The summed E-state index contributed by atoms with van der Waals surface area (Å²) < 4.78 is 11.3. The van der Waals surface area contributed by atoms with E-state index in [0.29, 0.717) is 16.5 Å². The average molecular weight is 370 g/mol. The van der Waals surface area contributed by atoms with Crippen molar-refractivity contribution in [2.75, 3.05) is 5.32 Å². The number of anilines is 1. The third-order valence-corrected chi connectivity index (χ3v) is 4.43.